The molecule has 8 heteroatoms. The smallest absolute Gasteiger partial charge is 0.312 e. The van der Waals surface area contributed by atoms with Gasteiger partial charge >= 0.3 is 6.03 Å². The fourth-order valence-electron chi connectivity index (χ4n) is 2.48. The van der Waals surface area contributed by atoms with E-state index in [2.05, 4.69) is 15.6 Å². The standard InChI is InChI=1S/C20H20N4O3S/c1-2-27-16-9-7-14(8-10-16)17-12-28-20(23-17)24-18(25)15-5-3-13(4-6-15)11-22-19(21)26/h3-10,12H,2,11H2,1H3,(H3,21,22,26)(H,23,24,25). The zero-order valence-corrected chi connectivity index (χ0v) is 16.1. The number of hydrogen-bond acceptors (Lipinski definition) is 5. The summed E-state index contributed by atoms with van der Waals surface area (Å²) in [5.41, 5.74) is 8.13. The normalized spacial score (nSPS) is 10.3. The molecule has 0 aliphatic rings. The fourth-order valence-corrected chi connectivity index (χ4v) is 3.20. The van der Waals surface area contributed by atoms with E-state index in [0.29, 0.717) is 23.8 Å². The molecule has 144 valence electrons. The summed E-state index contributed by atoms with van der Waals surface area (Å²) in [5.74, 6) is 0.562. The number of anilines is 1. The van der Waals surface area contributed by atoms with Gasteiger partial charge < -0.3 is 15.8 Å². The van der Waals surface area contributed by atoms with Crippen molar-refractivity contribution in [2.24, 2.45) is 5.73 Å². The SMILES string of the molecule is CCOc1ccc(-c2csc(NC(=O)c3ccc(CNC(N)=O)cc3)n2)cc1. The molecule has 1 aromatic heterocycles. The lowest BCUT2D eigenvalue weighted by Gasteiger charge is -2.05. The Morgan fingerprint density at radius 1 is 1.11 bits per heavy atom. The molecule has 3 aromatic rings. The number of urea groups is 1. The number of hydrogen-bond donors (Lipinski definition) is 3. The van der Waals surface area contributed by atoms with Gasteiger partial charge in [0.05, 0.1) is 12.3 Å². The van der Waals surface area contributed by atoms with Gasteiger partial charge in [0.25, 0.3) is 5.91 Å². The van der Waals surface area contributed by atoms with Crippen LogP contribution in [0.2, 0.25) is 0 Å². The van der Waals surface area contributed by atoms with Crippen LogP contribution in [0.15, 0.2) is 53.9 Å². The van der Waals surface area contributed by atoms with Crippen LogP contribution in [0.1, 0.15) is 22.8 Å². The van der Waals surface area contributed by atoms with Crippen molar-refractivity contribution in [3.63, 3.8) is 0 Å². The third kappa shape index (κ3) is 5.08. The van der Waals surface area contributed by atoms with E-state index in [1.54, 1.807) is 24.3 Å². The predicted molar refractivity (Wildman–Crippen MR) is 110 cm³/mol. The molecule has 1 heterocycles. The second kappa shape index (κ2) is 9.01. The van der Waals surface area contributed by atoms with Crippen molar-refractivity contribution < 1.29 is 14.3 Å². The second-order valence-corrected chi connectivity index (χ2v) is 6.72. The summed E-state index contributed by atoms with van der Waals surface area (Å²) in [6, 6.07) is 14.0. The van der Waals surface area contributed by atoms with E-state index in [1.807, 2.05) is 36.6 Å². The minimum Gasteiger partial charge on any atom is -0.494 e. The van der Waals surface area contributed by atoms with Gasteiger partial charge in [-0.15, -0.1) is 11.3 Å². The molecule has 0 unspecified atom stereocenters. The van der Waals surface area contributed by atoms with Gasteiger partial charge in [0.15, 0.2) is 5.13 Å². The maximum Gasteiger partial charge on any atom is 0.312 e. The van der Waals surface area contributed by atoms with Gasteiger partial charge in [-0.2, -0.15) is 0 Å². The molecule has 7 nitrogen and oxygen atoms in total. The first-order chi connectivity index (χ1) is 13.5. The topological polar surface area (TPSA) is 106 Å². The van der Waals surface area contributed by atoms with Crippen molar-refractivity contribution >= 4 is 28.4 Å². The largest absolute Gasteiger partial charge is 0.494 e. The van der Waals surface area contributed by atoms with Crippen molar-refractivity contribution in [3.8, 4) is 17.0 Å². The molecule has 0 saturated heterocycles. The number of carbonyl (C=O) groups is 2. The Bertz CT molecular complexity index is 952. The molecule has 3 amide bonds. The maximum absolute atomic E-state index is 12.4. The van der Waals surface area contributed by atoms with Crippen LogP contribution in [-0.2, 0) is 6.54 Å². The molecule has 0 aliphatic carbocycles. The van der Waals surface area contributed by atoms with Gasteiger partial charge in [-0.05, 0) is 48.9 Å². The number of nitrogens with zero attached hydrogens (tertiary/aromatic N) is 1. The van der Waals surface area contributed by atoms with Gasteiger partial charge in [0, 0.05) is 23.1 Å². The Morgan fingerprint density at radius 2 is 1.82 bits per heavy atom. The number of nitrogens with two attached hydrogens (primary N) is 1. The van der Waals surface area contributed by atoms with Crippen molar-refractivity contribution in [1.82, 2.24) is 10.3 Å². The Labute approximate surface area is 166 Å². The fraction of sp³-hybridized carbons (Fsp3) is 0.150. The first-order valence-corrected chi connectivity index (χ1v) is 9.55. The summed E-state index contributed by atoms with van der Waals surface area (Å²) in [5, 5.41) is 7.72. The summed E-state index contributed by atoms with van der Waals surface area (Å²) < 4.78 is 5.44. The molecule has 0 spiro atoms. The van der Waals surface area contributed by atoms with Gasteiger partial charge in [-0.3, -0.25) is 10.1 Å². The van der Waals surface area contributed by atoms with Crippen LogP contribution in [0.4, 0.5) is 9.93 Å². The number of nitrogens with one attached hydrogen (secondary N) is 2. The number of ether oxygens (including phenoxy) is 1. The van der Waals surface area contributed by atoms with E-state index in [-0.39, 0.29) is 5.91 Å². The number of amides is 3. The van der Waals surface area contributed by atoms with Crippen molar-refractivity contribution in [2.75, 3.05) is 11.9 Å². The van der Waals surface area contributed by atoms with Crippen LogP contribution in [0.5, 0.6) is 5.75 Å². The minimum atomic E-state index is -0.589. The number of carbonyl (C=O) groups excluding carboxylic acids is 2. The molecule has 0 radical (unpaired) electrons. The third-order valence-electron chi connectivity index (χ3n) is 3.87. The molecular formula is C20H20N4O3S. The lowest BCUT2D eigenvalue weighted by molar-refractivity contribution is 0.102. The Balaban J connectivity index is 1.62. The highest BCUT2D eigenvalue weighted by atomic mass is 32.1. The minimum absolute atomic E-state index is 0.248. The van der Waals surface area contributed by atoms with Gasteiger partial charge in [-0.25, -0.2) is 9.78 Å². The van der Waals surface area contributed by atoms with Gasteiger partial charge in [0.1, 0.15) is 5.75 Å². The molecule has 0 aliphatic heterocycles. The van der Waals surface area contributed by atoms with E-state index >= 15 is 0 Å². The van der Waals surface area contributed by atoms with Crippen LogP contribution >= 0.6 is 11.3 Å². The second-order valence-electron chi connectivity index (χ2n) is 5.86. The van der Waals surface area contributed by atoms with E-state index < -0.39 is 6.03 Å². The number of thiazole rings is 1. The number of aromatic nitrogens is 1. The highest BCUT2D eigenvalue weighted by molar-refractivity contribution is 7.14. The van der Waals surface area contributed by atoms with E-state index in [4.69, 9.17) is 10.5 Å². The highest BCUT2D eigenvalue weighted by Gasteiger charge is 2.10. The molecule has 0 fully saturated rings. The first-order valence-electron chi connectivity index (χ1n) is 8.67. The van der Waals surface area contributed by atoms with E-state index in [1.165, 1.54) is 11.3 Å². The number of rotatable bonds is 7. The molecule has 2 aromatic carbocycles. The molecule has 0 atom stereocenters. The Morgan fingerprint density at radius 3 is 2.46 bits per heavy atom. The van der Waals surface area contributed by atoms with Crippen LogP contribution < -0.4 is 21.1 Å². The summed E-state index contributed by atoms with van der Waals surface area (Å²) in [7, 11) is 0. The summed E-state index contributed by atoms with van der Waals surface area (Å²) >= 11 is 1.36. The van der Waals surface area contributed by atoms with Crippen molar-refractivity contribution in [2.45, 2.75) is 13.5 Å². The molecule has 0 bridgehead atoms. The lowest BCUT2D eigenvalue weighted by atomic mass is 10.1. The summed E-state index contributed by atoms with van der Waals surface area (Å²) in [6.07, 6.45) is 0. The third-order valence-corrected chi connectivity index (χ3v) is 4.63. The van der Waals surface area contributed by atoms with Crippen molar-refractivity contribution in [1.29, 1.82) is 0 Å². The van der Waals surface area contributed by atoms with Crippen molar-refractivity contribution in [3.05, 3.63) is 65.0 Å². The molecule has 4 N–H and O–H groups in total. The van der Waals surface area contributed by atoms with Gasteiger partial charge in [0.2, 0.25) is 0 Å². The zero-order chi connectivity index (χ0) is 19.9. The van der Waals surface area contributed by atoms with E-state index in [9.17, 15) is 9.59 Å². The predicted octanol–water partition coefficient (Wildman–Crippen LogP) is 3.63. The number of benzene rings is 2. The molecule has 28 heavy (non-hydrogen) atoms. The summed E-state index contributed by atoms with van der Waals surface area (Å²) in [4.78, 5) is 27.6. The Kier molecular flexibility index (Phi) is 6.23. The molecular weight excluding hydrogens is 376 g/mol. The van der Waals surface area contributed by atoms with Crippen LogP contribution in [-0.4, -0.2) is 23.5 Å². The molecule has 0 saturated carbocycles. The lowest BCUT2D eigenvalue weighted by Crippen LogP contribution is -2.28. The first kappa shape index (κ1) is 19.4. The van der Waals surface area contributed by atoms with E-state index in [0.717, 1.165) is 22.6 Å². The molecule has 3 rings (SSSR count). The monoisotopic (exact) mass is 396 g/mol. The average Bonchev–Trinajstić information content (AvgIpc) is 3.16. The zero-order valence-electron chi connectivity index (χ0n) is 15.3. The van der Waals surface area contributed by atoms with Gasteiger partial charge in [-0.1, -0.05) is 12.1 Å². The van der Waals surface area contributed by atoms with Crippen LogP contribution in [0, 0.1) is 0 Å². The quantitative estimate of drug-likeness (QED) is 0.567. The number of primary amides is 1. The average molecular weight is 396 g/mol. The maximum atomic E-state index is 12.4. The summed E-state index contributed by atoms with van der Waals surface area (Å²) in [6.45, 7) is 2.87. The van der Waals surface area contributed by atoms with Crippen LogP contribution in [0.25, 0.3) is 11.3 Å². The Hall–Kier alpha value is -3.39. The highest BCUT2D eigenvalue weighted by Crippen LogP contribution is 2.26. The van der Waals surface area contributed by atoms with Crippen LogP contribution in [0.3, 0.4) is 0 Å².